The maximum atomic E-state index is 13.1. The van der Waals surface area contributed by atoms with Crippen molar-refractivity contribution in [2.45, 2.75) is 89.6 Å². The van der Waals surface area contributed by atoms with Crippen molar-refractivity contribution < 1.29 is 80.4 Å². The van der Waals surface area contributed by atoms with Crippen LogP contribution in [0.15, 0.2) is 12.5 Å². The van der Waals surface area contributed by atoms with Gasteiger partial charge in [0.1, 0.15) is 25.1 Å². The predicted octanol–water partition coefficient (Wildman–Crippen LogP) is -0.262. The summed E-state index contributed by atoms with van der Waals surface area (Å²) < 4.78 is 61.4. The van der Waals surface area contributed by atoms with Crippen LogP contribution in [0, 0.1) is 0 Å². The number of nitrogens with zero attached hydrogens (tertiary/aromatic N) is 4. The normalized spacial score (nSPS) is 28.2. The van der Waals surface area contributed by atoms with Crippen LogP contribution in [-0.4, -0.2) is 114 Å². The molecule has 0 spiro atoms. The molecule has 5 N–H and O–H groups in total. The number of hydrogen-bond acceptors (Lipinski definition) is 20. The molecule has 2 aliphatic rings. The number of nitrogens with two attached hydrogens (primary N) is 1. The first-order valence-electron chi connectivity index (χ1n) is 14.6. The van der Waals surface area contributed by atoms with Gasteiger partial charge in [0.05, 0.1) is 25.0 Å². The number of ether oxygens (including phenoxy) is 6. The molecule has 2 fully saturated rings. The zero-order chi connectivity index (χ0) is 37.0. The van der Waals surface area contributed by atoms with E-state index in [9.17, 15) is 38.6 Å². The first-order valence-corrected chi connectivity index (χ1v) is 18.7. The zero-order valence-electron chi connectivity index (χ0n) is 26.8. The van der Waals surface area contributed by atoms with Gasteiger partial charge in [-0.2, -0.15) is 9.61 Å². The van der Waals surface area contributed by atoms with E-state index in [4.69, 9.17) is 59.3 Å². The molecule has 0 aromatic carbocycles. The number of aliphatic hydroxyl groups is 1. The second kappa shape index (κ2) is 16.4. The van der Waals surface area contributed by atoms with E-state index in [0.29, 0.717) is 24.1 Å². The van der Waals surface area contributed by atoms with E-state index in [-0.39, 0.29) is 12.6 Å². The molecule has 2 saturated heterocycles. The van der Waals surface area contributed by atoms with Gasteiger partial charge in [-0.05, 0) is 24.6 Å². The number of anilines is 1. The van der Waals surface area contributed by atoms with Crippen LogP contribution in [0.1, 0.15) is 52.2 Å². The lowest BCUT2D eigenvalue weighted by Gasteiger charge is -2.44. The quantitative estimate of drug-likeness (QED) is 0.109. The fraction of sp³-hybridized carbons (Fsp3) is 0.640. The first-order chi connectivity index (χ1) is 23.4. The highest BCUT2D eigenvalue weighted by Crippen LogP contribution is 2.62. The summed E-state index contributed by atoms with van der Waals surface area (Å²) in [6, 6.07) is 0. The van der Waals surface area contributed by atoms with Crippen LogP contribution in [-0.2, 0) is 77.3 Å². The van der Waals surface area contributed by atoms with E-state index < -0.39 is 94.0 Å². The minimum atomic E-state index is -5.53. The van der Waals surface area contributed by atoms with Crippen LogP contribution >= 0.6 is 14.5 Å². The molecule has 0 aliphatic carbocycles. The SMILES string of the molecule is CC(=O)OC[C@H](OC(C)=O)C1OC(OP(=O)(O)OP(O)(=S)OC[C@@H]2CC[C@H](c3cnn4c(N)ncnc34)O2)C(OC(C)=O)C(O)C1OC(C)=O. The van der Waals surface area contributed by atoms with Crippen molar-refractivity contribution in [2.24, 2.45) is 0 Å². The number of aromatic nitrogens is 4. The average molecular weight is 772 g/mol. The maximum absolute atomic E-state index is 13.1. The Morgan fingerprint density at radius 2 is 1.72 bits per heavy atom. The fourth-order valence-corrected chi connectivity index (χ4v) is 8.22. The van der Waals surface area contributed by atoms with Gasteiger partial charge in [0.25, 0.3) is 0 Å². The van der Waals surface area contributed by atoms with Crippen molar-refractivity contribution in [3.05, 3.63) is 18.1 Å². The third kappa shape index (κ3) is 10.4. The lowest BCUT2D eigenvalue weighted by Crippen LogP contribution is -2.64. The van der Waals surface area contributed by atoms with E-state index >= 15 is 0 Å². The molecule has 2 aromatic heterocycles. The molecular formula is C25H35N5O17P2S. The van der Waals surface area contributed by atoms with E-state index in [1.807, 2.05) is 0 Å². The van der Waals surface area contributed by atoms with Gasteiger partial charge in [-0.1, -0.05) is 0 Å². The van der Waals surface area contributed by atoms with Crippen LogP contribution in [0.2, 0.25) is 0 Å². The summed E-state index contributed by atoms with van der Waals surface area (Å²) in [6.45, 7) is -1.76. The van der Waals surface area contributed by atoms with E-state index in [1.54, 1.807) is 0 Å². The first kappa shape index (κ1) is 39.6. The van der Waals surface area contributed by atoms with Gasteiger partial charge in [0.2, 0.25) is 12.2 Å². The largest absolute Gasteiger partial charge is 0.481 e. The Hall–Kier alpha value is -3.21. The van der Waals surface area contributed by atoms with Crippen molar-refractivity contribution in [1.29, 1.82) is 0 Å². The second-order valence-electron chi connectivity index (χ2n) is 10.9. The third-order valence-corrected chi connectivity index (χ3v) is 10.5. The Kier molecular flexibility index (Phi) is 13.0. The number of fused-ring (bicyclic) bond motifs is 1. The third-order valence-electron chi connectivity index (χ3n) is 6.97. The number of phosphoric ester groups is 1. The number of phosphoric acid groups is 1. The molecule has 4 heterocycles. The second-order valence-corrected chi connectivity index (χ2v) is 15.3. The van der Waals surface area contributed by atoms with Crippen LogP contribution < -0.4 is 5.73 Å². The average Bonchev–Trinajstić information content (AvgIpc) is 3.64. The summed E-state index contributed by atoms with van der Waals surface area (Å²) >= 11 is 4.91. The van der Waals surface area contributed by atoms with Gasteiger partial charge >= 0.3 is 38.4 Å². The molecule has 10 atom stereocenters. The Morgan fingerprint density at radius 1 is 1.04 bits per heavy atom. The lowest BCUT2D eigenvalue weighted by molar-refractivity contribution is -0.299. The monoisotopic (exact) mass is 771 g/mol. The number of aliphatic hydroxyl groups excluding tert-OH is 1. The molecule has 7 unspecified atom stereocenters. The predicted molar refractivity (Wildman–Crippen MR) is 164 cm³/mol. The highest BCUT2D eigenvalue weighted by Gasteiger charge is 2.55. The summed E-state index contributed by atoms with van der Waals surface area (Å²) in [7, 11) is -5.53. The van der Waals surface area contributed by atoms with Crippen LogP contribution in [0.4, 0.5) is 5.95 Å². The van der Waals surface area contributed by atoms with Gasteiger partial charge in [0.15, 0.2) is 24.0 Å². The molecule has 0 amide bonds. The molecule has 0 saturated carbocycles. The van der Waals surface area contributed by atoms with E-state index in [2.05, 4.69) is 15.1 Å². The number of carbonyl (C=O) groups is 4. The van der Waals surface area contributed by atoms with Crippen molar-refractivity contribution >= 4 is 61.8 Å². The van der Waals surface area contributed by atoms with Gasteiger partial charge < -0.3 is 53.6 Å². The molecular weight excluding hydrogens is 736 g/mol. The Morgan fingerprint density at radius 3 is 2.36 bits per heavy atom. The smallest absolute Gasteiger partial charge is 0.462 e. The standard InChI is InChI=1S/C25H35N5O17P2S/c1-11(31)39-9-18(41-12(2)32)20-21(42-13(3)33)19(35)22(43-14(4)34)24(45-20)46-48(36,37)47-49(38,50)40-8-15-5-6-17(44-15)16-7-29-30-23(16)27-10-28-25(30)26/h7,10,15,17-22,24,35H,5-6,8-9H2,1-4H3,(H,36,37)(H,38,50)(H2,26,27,28)/t15-,17+,18-,19?,20?,21?,22?,24?,49?/m0/s1. The van der Waals surface area contributed by atoms with Gasteiger partial charge in [-0.3, -0.25) is 23.7 Å². The Balaban J connectivity index is 1.46. The zero-order valence-corrected chi connectivity index (χ0v) is 29.4. The number of nitrogen functional groups attached to an aromatic ring is 1. The number of esters is 4. The van der Waals surface area contributed by atoms with Crippen LogP contribution in [0.3, 0.4) is 0 Å². The molecule has 2 aliphatic heterocycles. The Labute approximate surface area is 288 Å². The van der Waals surface area contributed by atoms with Gasteiger partial charge in [0, 0.05) is 33.3 Å². The van der Waals surface area contributed by atoms with Crippen LogP contribution in [0.25, 0.3) is 5.65 Å². The van der Waals surface area contributed by atoms with Crippen molar-refractivity contribution in [3.8, 4) is 0 Å². The van der Waals surface area contributed by atoms with Crippen molar-refractivity contribution in [3.63, 3.8) is 0 Å². The van der Waals surface area contributed by atoms with Gasteiger partial charge in [-0.15, -0.1) is 0 Å². The molecule has 25 heteroatoms. The Bertz CT molecular complexity index is 1680. The summed E-state index contributed by atoms with van der Waals surface area (Å²) in [5, 5.41) is 15.3. The van der Waals surface area contributed by atoms with Gasteiger partial charge in [-0.25, -0.2) is 18.8 Å². The topological polar surface area (TPSA) is 298 Å². The number of rotatable bonds is 14. The minimum absolute atomic E-state index is 0.117. The number of hydrogen-bond donors (Lipinski definition) is 4. The summed E-state index contributed by atoms with van der Waals surface area (Å²) in [6.07, 6.45) is -8.88. The van der Waals surface area contributed by atoms with Crippen molar-refractivity contribution in [1.82, 2.24) is 19.6 Å². The molecule has 2 aromatic rings. The molecule has 4 rings (SSSR count). The summed E-state index contributed by atoms with van der Waals surface area (Å²) in [5.74, 6) is -3.63. The highest BCUT2D eigenvalue weighted by molar-refractivity contribution is 8.08. The maximum Gasteiger partial charge on any atom is 0.481 e. The van der Waals surface area contributed by atoms with E-state index in [1.165, 1.54) is 17.0 Å². The van der Waals surface area contributed by atoms with Crippen molar-refractivity contribution in [2.75, 3.05) is 18.9 Å². The lowest BCUT2D eigenvalue weighted by atomic mass is 9.95. The molecule has 0 radical (unpaired) electrons. The minimum Gasteiger partial charge on any atom is -0.462 e. The molecule has 22 nitrogen and oxygen atoms in total. The van der Waals surface area contributed by atoms with Crippen LogP contribution in [0.5, 0.6) is 0 Å². The van der Waals surface area contributed by atoms with E-state index in [0.717, 1.165) is 27.7 Å². The number of carbonyl (C=O) groups excluding carboxylic acids is 4. The fourth-order valence-electron chi connectivity index (χ4n) is 5.10. The molecule has 278 valence electrons. The summed E-state index contributed by atoms with van der Waals surface area (Å²) in [4.78, 5) is 76.5. The molecule has 0 bridgehead atoms. The summed E-state index contributed by atoms with van der Waals surface area (Å²) in [5.41, 5.74) is 6.85. The molecule has 50 heavy (non-hydrogen) atoms. The highest BCUT2D eigenvalue weighted by atomic mass is 32.5.